The third-order valence-electron chi connectivity index (χ3n) is 7.05. The van der Waals surface area contributed by atoms with Crippen molar-refractivity contribution < 1.29 is 29.0 Å². The van der Waals surface area contributed by atoms with Gasteiger partial charge >= 0.3 is 12.1 Å². The van der Waals surface area contributed by atoms with Crippen LogP contribution in [0.3, 0.4) is 0 Å². The number of hydrogen-bond acceptors (Lipinski definition) is 7. The second kappa shape index (κ2) is 15.3. The van der Waals surface area contributed by atoms with Gasteiger partial charge in [-0.15, -0.1) is 0 Å². The number of aliphatic carboxylic acids is 1. The third kappa shape index (κ3) is 10.5. The molecule has 0 aliphatic carbocycles. The number of amides is 3. The van der Waals surface area contributed by atoms with E-state index in [1.807, 2.05) is 6.07 Å². The Balaban J connectivity index is 1.57. The predicted octanol–water partition coefficient (Wildman–Crippen LogP) is 2.72. The van der Waals surface area contributed by atoms with Crippen molar-refractivity contribution in [2.75, 3.05) is 32.7 Å². The van der Waals surface area contributed by atoms with Crippen LogP contribution in [0.25, 0.3) is 10.8 Å². The van der Waals surface area contributed by atoms with Gasteiger partial charge in [-0.1, -0.05) is 48.5 Å². The minimum atomic E-state index is -1.11. The number of carbonyl (C=O) groups is 4. The van der Waals surface area contributed by atoms with Gasteiger partial charge in [0.15, 0.2) is 0 Å². The monoisotopic (exact) mass is 581 g/mol. The van der Waals surface area contributed by atoms with Crippen LogP contribution < -0.4 is 21.3 Å². The highest BCUT2D eigenvalue weighted by Gasteiger charge is 2.29. The van der Waals surface area contributed by atoms with E-state index in [2.05, 4.69) is 69.5 Å². The minimum absolute atomic E-state index is 0.0175. The SMILES string of the molecule is CC(c1cccc2ccccc12)N1CCC(NC(CNC(=O)OC(C)(C)C)C(=O)NCC(=O)NC/C=C/C(=O)O)CC1. The van der Waals surface area contributed by atoms with Crippen LogP contribution in [0.5, 0.6) is 0 Å². The van der Waals surface area contributed by atoms with Gasteiger partial charge in [-0.05, 0) is 56.9 Å². The van der Waals surface area contributed by atoms with Crippen molar-refractivity contribution in [2.24, 2.45) is 0 Å². The number of likely N-dealkylation sites (tertiary alicyclic amines) is 1. The third-order valence-corrected chi connectivity index (χ3v) is 7.05. The highest BCUT2D eigenvalue weighted by molar-refractivity contribution is 5.88. The number of benzene rings is 2. The Bertz CT molecular complexity index is 1260. The zero-order valence-electron chi connectivity index (χ0n) is 24.8. The number of carboxylic acid groups (broad SMARTS) is 1. The van der Waals surface area contributed by atoms with Crippen LogP contribution in [0.1, 0.15) is 52.1 Å². The summed E-state index contributed by atoms with van der Waals surface area (Å²) in [5.74, 6) is -2.01. The number of rotatable bonds is 12. The first-order chi connectivity index (χ1) is 19.9. The second-order valence-electron chi connectivity index (χ2n) is 11.4. The molecule has 1 aliphatic heterocycles. The van der Waals surface area contributed by atoms with Gasteiger partial charge in [-0.25, -0.2) is 9.59 Å². The lowest BCUT2D eigenvalue weighted by molar-refractivity contribution is -0.131. The summed E-state index contributed by atoms with van der Waals surface area (Å²) in [5, 5.41) is 22.2. The van der Waals surface area contributed by atoms with Gasteiger partial charge in [0.05, 0.1) is 6.54 Å². The summed E-state index contributed by atoms with van der Waals surface area (Å²) in [6, 6.07) is 14.3. The van der Waals surface area contributed by atoms with Crippen LogP contribution in [-0.4, -0.2) is 84.3 Å². The largest absolute Gasteiger partial charge is 0.478 e. The molecule has 1 saturated heterocycles. The molecule has 3 amide bonds. The lowest BCUT2D eigenvalue weighted by Gasteiger charge is -2.38. The number of fused-ring (bicyclic) bond motifs is 1. The topological polar surface area (TPSA) is 149 Å². The molecular formula is C31H43N5O6. The number of alkyl carbamates (subject to hydrolysis) is 1. The Labute approximate surface area is 247 Å². The fourth-order valence-electron chi connectivity index (χ4n) is 4.96. The van der Waals surface area contributed by atoms with Crippen LogP contribution >= 0.6 is 0 Å². The summed E-state index contributed by atoms with van der Waals surface area (Å²) in [6.07, 6.45) is 3.20. The molecule has 1 heterocycles. The van der Waals surface area contributed by atoms with Crippen LogP contribution in [0.4, 0.5) is 4.79 Å². The van der Waals surface area contributed by atoms with Gasteiger partial charge in [0.1, 0.15) is 11.6 Å². The molecule has 11 nitrogen and oxygen atoms in total. The second-order valence-corrected chi connectivity index (χ2v) is 11.4. The molecule has 11 heteroatoms. The maximum Gasteiger partial charge on any atom is 0.407 e. The molecule has 2 aromatic rings. The average Bonchev–Trinajstić information content (AvgIpc) is 2.95. The van der Waals surface area contributed by atoms with Crippen LogP contribution in [0, 0.1) is 0 Å². The van der Waals surface area contributed by atoms with Gasteiger partial charge in [0.25, 0.3) is 0 Å². The van der Waals surface area contributed by atoms with E-state index in [1.165, 1.54) is 22.4 Å². The highest BCUT2D eigenvalue weighted by Crippen LogP contribution is 2.30. The first-order valence-corrected chi connectivity index (χ1v) is 14.3. The smallest absolute Gasteiger partial charge is 0.407 e. The molecule has 42 heavy (non-hydrogen) atoms. The molecular weight excluding hydrogens is 538 g/mol. The number of carboxylic acids is 1. The fourth-order valence-corrected chi connectivity index (χ4v) is 4.96. The Morgan fingerprint density at radius 2 is 1.71 bits per heavy atom. The Morgan fingerprint density at radius 1 is 1.02 bits per heavy atom. The van der Waals surface area contributed by atoms with Crippen molar-refractivity contribution in [1.29, 1.82) is 0 Å². The van der Waals surface area contributed by atoms with Gasteiger partial charge in [-0.2, -0.15) is 0 Å². The number of ether oxygens (including phenoxy) is 1. The number of nitrogens with zero attached hydrogens (tertiary/aromatic N) is 1. The van der Waals surface area contributed by atoms with Gasteiger partial charge in [0.2, 0.25) is 11.8 Å². The van der Waals surface area contributed by atoms with E-state index in [4.69, 9.17) is 9.84 Å². The Kier molecular flexibility index (Phi) is 11.9. The predicted molar refractivity (Wildman–Crippen MR) is 161 cm³/mol. The summed E-state index contributed by atoms with van der Waals surface area (Å²) < 4.78 is 5.31. The lowest BCUT2D eigenvalue weighted by atomic mass is 9.96. The van der Waals surface area contributed by atoms with Crippen LogP contribution in [-0.2, 0) is 19.1 Å². The van der Waals surface area contributed by atoms with E-state index in [0.717, 1.165) is 32.0 Å². The molecule has 1 aliphatic rings. The minimum Gasteiger partial charge on any atom is -0.478 e. The average molecular weight is 582 g/mol. The van der Waals surface area contributed by atoms with Crippen LogP contribution in [0.2, 0.25) is 0 Å². The summed E-state index contributed by atoms with van der Waals surface area (Å²) in [7, 11) is 0. The molecule has 0 aromatic heterocycles. The molecule has 0 spiro atoms. The number of hydrogen-bond donors (Lipinski definition) is 5. The summed E-state index contributed by atoms with van der Waals surface area (Å²) >= 11 is 0. The van der Waals surface area contributed by atoms with E-state index in [-0.39, 0.29) is 31.7 Å². The molecule has 5 N–H and O–H groups in total. The molecule has 2 atom stereocenters. The maximum absolute atomic E-state index is 13.1. The first-order valence-electron chi connectivity index (χ1n) is 14.3. The van der Waals surface area contributed by atoms with Gasteiger partial charge in [0, 0.05) is 44.3 Å². The number of nitrogens with one attached hydrogen (secondary N) is 4. The van der Waals surface area contributed by atoms with Crippen molar-refractivity contribution in [3.63, 3.8) is 0 Å². The van der Waals surface area contributed by atoms with Crippen LogP contribution in [0.15, 0.2) is 54.6 Å². The first kappa shape index (κ1) is 32.6. The van der Waals surface area contributed by atoms with E-state index in [0.29, 0.717) is 0 Å². The maximum atomic E-state index is 13.1. The van der Waals surface area contributed by atoms with Gasteiger partial charge < -0.3 is 31.1 Å². The summed E-state index contributed by atoms with van der Waals surface area (Å²) in [6.45, 7) is 8.88. The fraction of sp³-hybridized carbons (Fsp3) is 0.484. The lowest BCUT2D eigenvalue weighted by Crippen LogP contribution is -2.57. The van der Waals surface area contributed by atoms with E-state index in [9.17, 15) is 19.2 Å². The zero-order valence-corrected chi connectivity index (χ0v) is 24.8. The molecule has 1 fully saturated rings. The highest BCUT2D eigenvalue weighted by atomic mass is 16.6. The van der Waals surface area contributed by atoms with Crippen molar-refractivity contribution in [3.05, 3.63) is 60.2 Å². The van der Waals surface area contributed by atoms with Crippen molar-refractivity contribution in [1.82, 2.24) is 26.2 Å². The summed E-state index contributed by atoms with van der Waals surface area (Å²) in [5.41, 5.74) is 0.603. The number of piperidine rings is 1. The van der Waals surface area contributed by atoms with E-state index >= 15 is 0 Å². The van der Waals surface area contributed by atoms with E-state index in [1.54, 1.807) is 20.8 Å². The molecule has 2 unspecified atom stereocenters. The zero-order chi connectivity index (χ0) is 30.7. The Morgan fingerprint density at radius 3 is 2.40 bits per heavy atom. The molecule has 3 rings (SSSR count). The standard InChI is InChI=1S/C31H43N5O6/c1-21(24-12-7-10-22-9-5-6-11-25(22)24)36-17-14-23(15-18-36)35-26(19-34-30(41)42-31(2,3)4)29(40)33-20-27(37)32-16-8-13-28(38)39/h5-13,21,23,26,35H,14-20H2,1-4H3,(H,32,37)(H,33,40)(H,34,41)(H,38,39)/b13-8+. The normalized spacial score (nSPS) is 16.1. The molecule has 0 saturated carbocycles. The van der Waals surface area contributed by atoms with Crippen molar-refractivity contribution in [2.45, 2.75) is 64.3 Å². The summed E-state index contributed by atoms with van der Waals surface area (Å²) in [4.78, 5) is 50.4. The quantitative estimate of drug-likeness (QED) is 0.240. The van der Waals surface area contributed by atoms with Crippen molar-refractivity contribution in [3.8, 4) is 0 Å². The molecule has 2 aromatic carbocycles. The van der Waals surface area contributed by atoms with Crippen molar-refractivity contribution >= 4 is 34.6 Å². The van der Waals surface area contributed by atoms with E-state index < -0.39 is 35.5 Å². The molecule has 228 valence electrons. The molecule has 0 radical (unpaired) electrons. The Hall–Kier alpha value is -3.96. The number of carbonyl (C=O) groups excluding carboxylic acids is 3. The van der Waals surface area contributed by atoms with Gasteiger partial charge in [-0.3, -0.25) is 14.5 Å². The molecule has 0 bridgehead atoms.